The van der Waals surface area contributed by atoms with E-state index >= 15 is 0 Å². The molecule has 3 rings (SSSR count). The predicted octanol–water partition coefficient (Wildman–Crippen LogP) is 4.62. The maximum Gasteiger partial charge on any atom is 0.255 e. The summed E-state index contributed by atoms with van der Waals surface area (Å²) < 4.78 is 5.67. The van der Waals surface area contributed by atoms with Crippen molar-refractivity contribution in [1.29, 1.82) is 0 Å². The zero-order valence-electron chi connectivity index (χ0n) is 18.2. The summed E-state index contributed by atoms with van der Waals surface area (Å²) >= 11 is 0. The first-order valence-corrected chi connectivity index (χ1v) is 9.92. The van der Waals surface area contributed by atoms with Gasteiger partial charge in [0.2, 0.25) is 0 Å². The molecule has 0 unspecified atom stereocenters. The van der Waals surface area contributed by atoms with Crippen LogP contribution in [0.4, 0.5) is 0 Å². The van der Waals surface area contributed by atoms with Crippen LogP contribution >= 0.6 is 0 Å². The molecule has 0 radical (unpaired) electrons. The minimum absolute atomic E-state index is 0.0811. The topological polar surface area (TPSA) is 62.4 Å². The van der Waals surface area contributed by atoms with E-state index < -0.39 is 0 Å². The molecule has 0 fully saturated rings. The third-order valence-electron chi connectivity index (χ3n) is 5.12. The maximum atomic E-state index is 12.9. The van der Waals surface area contributed by atoms with Crippen molar-refractivity contribution < 1.29 is 9.53 Å². The number of methoxy groups -OCH3 is 1. The molecule has 5 heteroatoms. The number of ether oxygens (including phenoxy) is 1. The Morgan fingerprint density at radius 2 is 1.73 bits per heavy atom. The number of H-pyrrole nitrogens is 1. The van der Waals surface area contributed by atoms with Gasteiger partial charge in [0.15, 0.2) is 0 Å². The van der Waals surface area contributed by atoms with E-state index in [1.807, 2.05) is 30.3 Å². The number of carbonyl (C=O) groups excluding carboxylic acids is 1. The highest BCUT2D eigenvalue weighted by atomic mass is 16.5. The van der Waals surface area contributed by atoms with Gasteiger partial charge in [0.25, 0.3) is 11.5 Å². The number of carbonyl (C=O) groups is 1. The normalized spacial score (nSPS) is 11.2. The van der Waals surface area contributed by atoms with Gasteiger partial charge in [-0.1, -0.05) is 39.0 Å². The van der Waals surface area contributed by atoms with Crippen molar-refractivity contribution in [1.82, 2.24) is 9.88 Å². The lowest BCUT2D eigenvalue weighted by atomic mass is 9.83. The molecular weight excluding hydrogens is 376 g/mol. The molecule has 2 aromatic carbocycles. The molecule has 0 aliphatic carbocycles. The van der Waals surface area contributed by atoms with Crippen LogP contribution in [0.3, 0.4) is 0 Å². The summed E-state index contributed by atoms with van der Waals surface area (Å²) in [7, 11) is 3.40. The Balaban J connectivity index is 2.11. The predicted molar refractivity (Wildman–Crippen MR) is 120 cm³/mol. The summed E-state index contributed by atoms with van der Waals surface area (Å²) in [5, 5.41) is 0. The van der Waals surface area contributed by atoms with Crippen LogP contribution in [-0.4, -0.2) is 29.9 Å². The lowest BCUT2D eigenvalue weighted by Gasteiger charge is -2.26. The SMILES string of the molecule is COc1cc(CN(C)C(=O)c2ccccc2)c(-c2ccc[nH]c2=O)cc1C(C)(C)C. The summed E-state index contributed by atoms with van der Waals surface area (Å²) in [6, 6.07) is 16.7. The van der Waals surface area contributed by atoms with Crippen molar-refractivity contribution in [3.63, 3.8) is 0 Å². The number of rotatable bonds is 5. The second-order valence-corrected chi connectivity index (χ2v) is 8.40. The number of nitrogens with one attached hydrogen (secondary N) is 1. The van der Waals surface area contributed by atoms with Crippen LogP contribution in [0.1, 0.15) is 42.3 Å². The molecule has 1 heterocycles. The van der Waals surface area contributed by atoms with Gasteiger partial charge in [-0.25, -0.2) is 0 Å². The van der Waals surface area contributed by atoms with Crippen LogP contribution in [-0.2, 0) is 12.0 Å². The lowest BCUT2D eigenvalue weighted by molar-refractivity contribution is 0.0785. The molecule has 0 atom stereocenters. The Morgan fingerprint density at radius 3 is 2.33 bits per heavy atom. The van der Waals surface area contributed by atoms with Gasteiger partial charge in [-0.2, -0.15) is 0 Å². The molecule has 30 heavy (non-hydrogen) atoms. The van der Waals surface area contributed by atoms with E-state index in [1.54, 1.807) is 49.5 Å². The Labute approximate surface area is 177 Å². The lowest BCUT2D eigenvalue weighted by Crippen LogP contribution is -2.27. The van der Waals surface area contributed by atoms with E-state index in [1.165, 1.54) is 0 Å². The van der Waals surface area contributed by atoms with Crippen LogP contribution in [0.15, 0.2) is 65.6 Å². The zero-order valence-corrected chi connectivity index (χ0v) is 18.2. The van der Waals surface area contributed by atoms with E-state index in [9.17, 15) is 9.59 Å². The van der Waals surface area contributed by atoms with E-state index in [2.05, 4.69) is 25.8 Å². The van der Waals surface area contributed by atoms with Gasteiger partial charge < -0.3 is 14.6 Å². The molecule has 0 saturated carbocycles. The van der Waals surface area contributed by atoms with E-state index in [0.717, 1.165) is 22.4 Å². The van der Waals surface area contributed by atoms with Gasteiger partial charge in [0.1, 0.15) is 5.75 Å². The highest BCUT2D eigenvalue weighted by Gasteiger charge is 2.24. The Morgan fingerprint density at radius 1 is 1.03 bits per heavy atom. The molecule has 5 nitrogen and oxygen atoms in total. The van der Waals surface area contributed by atoms with Crippen molar-refractivity contribution in [3.8, 4) is 16.9 Å². The summed E-state index contributed by atoms with van der Waals surface area (Å²) in [6.07, 6.45) is 1.62. The highest BCUT2D eigenvalue weighted by Crippen LogP contribution is 2.37. The number of aromatic nitrogens is 1. The fraction of sp³-hybridized carbons (Fsp3) is 0.280. The van der Waals surface area contributed by atoms with Crippen LogP contribution in [0.25, 0.3) is 11.1 Å². The number of benzene rings is 2. The van der Waals surface area contributed by atoms with Crippen LogP contribution in [0.2, 0.25) is 0 Å². The number of pyridine rings is 1. The Hall–Kier alpha value is -3.34. The smallest absolute Gasteiger partial charge is 0.255 e. The second-order valence-electron chi connectivity index (χ2n) is 8.40. The van der Waals surface area contributed by atoms with E-state index in [4.69, 9.17) is 4.74 Å². The molecule has 0 saturated heterocycles. The van der Waals surface area contributed by atoms with Crippen molar-refractivity contribution in [2.24, 2.45) is 0 Å². The van der Waals surface area contributed by atoms with Gasteiger partial charge >= 0.3 is 0 Å². The van der Waals surface area contributed by atoms with E-state index in [-0.39, 0.29) is 16.9 Å². The molecule has 1 aromatic heterocycles. The second kappa shape index (κ2) is 8.57. The number of amides is 1. The first kappa shape index (κ1) is 21.4. The van der Waals surface area contributed by atoms with E-state index in [0.29, 0.717) is 17.7 Å². The average molecular weight is 405 g/mol. The highest BCUT2D eigenvalue weighted by molar-refractivity contribution is 5.94. The first-order chi connectivity index (χ1) is 14.2. The minimum Gasteiger partial charge on any atom is -0.496 e. The molecule has 1 N–H and O–H groups in total. The minimum atomic E-state index is -0.175. The van der Waals surface area contributed by atoms with Gasteiger partial charge in [0, 0.05) is 36.5 Å². The van der Waals surface area contributed by atoms with Crippen molar-refractivity contribution in [2.45, 2.75) is 32.7 Å². The van der Waals surface area contributed by atoms with Gasteiger partial charge in [-0.3, -0.25) is 9.59 Å². The summed E-state index contributed by atoms with van der Waals surface area (Å²) in [6.45, 7) is 6.66. The van der Waals surface area contributed by atoms with Gasteiger partial charge in [-0.05, 0) is 52.9 Å². The molecule has 0 aliphatic heterocycles. The monoisotopic (exact) mass is 404 g/mol. The third-order valence-corrected chi connectivity index (χ3v) is 5.12. The zero-order chi connectivity index (χ0) is 21.9. The molecule has 0 aliphatic rings. The standard InChI is InChI=1S/C25H28N2O3/c1-25(2,3)21-15-20(19-12-9-13-26-23(19)28)18(14-22(21)30-5)16-27(4)24(29)17-10-7-6-8-11-17/h6-15H,16H2,1-5H3,(H,26,28). The maximum absolute atomic E-state index is 12.9. The van der Waals surface area contributed by atoms with Crippen LogP contribution in [0, 0.1) is 0 Å². The van der Waals surface area contributed by atoms with Crippen molar-refractivity contribution in [3.05, 3.63) is 87.8 Å². The van der Waals surface area contributed by atoms with Crippen molar-refractivity contribution >= 4 is 5.91 Å². The number of hydrogen-bond donors (Lipinski definition) is 1. The number of nitrogens with zero attached hydrogens (tertiary/aromatic N) is 1. The molecule has 1 amide bonds. The molecule has 0 bridgehead atoms. The molecular formula is C25H28N2O3. The van der Waals surface area contributed by atoms with Crippen molar-refractivity contribution in [2.75, 3.05) is 14.2 Å². The first-order valence-electron chi connectivity index (χ1n) is 9.92. The van der Waals surface area contributed by atoms with Crippen LogP contribution < -0.4 is 10.3 Å². The van der Waals surface area contributed by atoms with Gasteiger partial charge in [0.05, 0.1) is 7.11 Å². The Kier molecular flexibility index (Phi) is 6.11. The summed E-state index contributed by atoms with van der Waals surface area (Å²) in [5.41, 5.74) is 3.51. The number of hydrogen-bond acceptors (Lipinski definition) is 3. The quantitative estimate of drug-likeness (QED) is 0.675. The Bertz CT molecular complexity index is 1100. The molecule has 0 spiro atoms. The largest absolute Gasteiger partial charge is 0.496 e. The molecule has 3 aromatic rings. The fourth-order valence-corrected chi connectivity index (χ4v) is 3.52. The fourth-order valence-electron chi connectivity index (χ4n) is 3.52. The average Bonchev–Trinajstić information content (AvgIpc) is 2.73. The van der Waals surface area contributed by atoms with Gasteiger partial charge in [-0.15, -0.1) is 0 Å². The summed E-state index contributed by atoms with van der Waals surface area (Å²) in [4.78, 5) is 29.8. The van der Waals surface area contributed by atoms with Crippen LogP contribution in [0.5, 0.6) is 5.75 Å². The molecule has 156 valence electrons. The third kappa shape index (κ3) is 4.46. The number of aromatic amines is 1. The summed E-state index contributed by atoms with van der Waals surface area (Å²) in [5.74, 6) is 0.663.